The Kier molecular flexibility index (Phi) is 7.58. The topological polar surface area (TPSA) is 44.1 Å². The fourth-order valence-electron chi connectivity index (χ4n) is 5.32. The first-order valence-electron chi connectivity index (χ1n) is 12.0. The van der Waals surface area contributed by atoms with Crippen molar-refractivity contribution in [2.45, 2.75) is 49.9 Å². The molecule has 1 amide bonds. The van der Waals surface area contributed by atoms with Gasteiger partial charge in [0, 0.05) is 31.3 Å². The molecule has 0 spiro atoms. The molecule has 0 bridgehead atoms. The van der Waals surface area contributed by atoms with E-state index in [2.05, 4.69) is 84.9 Å². The van der Waals surface area contributed by atoms with E-state index in [-0.39, 0.29) is 11.3 Å². The quantitative estimate of drug-likeness (QED) is 0.406. The van der Waals surface area contributed by atoms with Crippen LogP contribution < -0.4 is 0 Å². The fraction of sp³-hybridized carbons (Fsp3) is 0.333. The highest BCUT2D eigenvalue weighted by Gasteiger charge is 2.35. The summed E-state index contributed by atoms with van der Waals surface area (Å²) in [5.41, 5.74) is 3.41. The Labute approximate surface area is 197 Å². The monoisotopic (exact) mass is 436 g/mol. The molecule has 33 heavy (non-hydrogen) atoms. The summed E-state index contributed by atoms with van der Waals surface area (Å²) >= 11 is 0. The van der Waals surface area contributed by atoms with Gasteiger partial charge in [-0.05, 0) is 48.3 Å². The Bertz CT molecular complexity index is 1010. The van der Waals surface area contributed by atoms with Crippen molar-refractivity contribution in [2.24, 2.45) is 0 Å². The largest absolute Gasteiger partial charge is 0.343 e. The minimum Gasteiger partial charge on any atom is -0.343 e. The van der Waals surface area contributed by atoms with Crippen molar-refractivity contribution in [3.05, 3.63) is 108 Å². The Morgan fingerprint density at radius 3 is 1.85 bits per heavy atom. The maximum absolute atomic E-state index is 13.3. The van der Waals surface area contributed by atoms with Crippen molar-refractivity contribution in [1.82, 2.24) is 4.90 Å². The Morgan fingerprint density at radius 1 is 0.818 bits per heavy atom. The third kappa shape index (κ3) is 5.34. The van der Waals surface area contributed by atoms with Crippen molar-refractivity contribution < 1.29 is 4.79 Å². The summed E-state index contributed by atoms with van der Waals surface area (Å²) in [7, 11) is 0. The van der Waals surface area contributed by atoms with Gasteiger partial charge in [0.05, 0.1) is 6.07 Å². The first-order valence-corrected chi connectivity index (χ1v) is 12.0. The zero-order valence-electron chi connectivity index (χ0n) is 19.2. The van der Waals surface area contributed by atoms with E-state index >= 15 is 0 Å². The lowest BCUT2D eigenvalue weighted by Crippen LogP contribution is -2.39. The van der Waals surface area contributed by atoms with Gasteiger partial charge >= 0.3 is 0 Å². The van der Waals surface area contributed by atoms with Gasteiger partial charge in [-0.25, -0.2) is 0 Å². The molecule has 3 heteroatoms. The molecule has 168 valence electrons. The lowest BCUT2D eigenvalue weighted by atomic mass is 9.68. The van der Waals surface area contributed by atoms with E-state index in [1.54, 1.807) is 0 Å². The molecule has 0 radical (unpaired) electrons. The van der Waals surface area contributed by atoms with Crippen LogP contribution in [-0.2, 0) is 10.2 Å². The van der Waals surface area contributed by atoms with Gasteiger partial charge in [0.25, 0.3) is 0 Å². The van der Waals surface area contributed by atoms with Gasteiger partial charge < -0.3 is 4.90 Å². The van der Waals surface area contributed by atoms with E-state index in [1.807, 2.05) is 17.0 Å². The van der Waals surface area contributed by atoms with Gasteiger partial charge in [-0.1, -0.05) is 91.0 Å². The number of benzene rings is 3. The van der Waals surface area contributed by atoms with Crippen LogP contribution in [-0.4, -0.2) is 23.9 Å². The highest BCUT2D eigenvalue weighted by atomic mass is 16.2. The zero-order valence-corrected chi connectivity index (χ0v) is 19.2. The maximum atomic E-state index is 13.3. The Balaban J connectivity index is 1.49. The molecule has 1 heterocycles. The number of hydrogen-bond acceptors (Lipinski definition) is 2. The Morgan fingerprint density at radius 2 is 1.33 bits per heavy atom. The molecule has 0 unspecified atom stereocenters. The number of amides is 1. The van der Waals surface area contributed by atoms with Crippen molar-refractivity contribution in [3.63, 3.8) is 0 Å². The van der Waals surface area contributed by atoms with Gasteiger partial charge in [0.1, 0.15) is 0 Å². The normalized spacial score (nSPS) is 14.6. The lowest BCUT2D eigenvalue weighted by molar-refractivity contribution is -0.132. The number of nitriles is 1. The van der Waals surface area contributed by atoms with Crippen LogP contribution in [0.1, 0.15) is 61.1 Å². The fourth-order valence-corrected chi connectivity index (χ4v) is 5.32. The third-order valence-electron chi connectivity index (χ3n) is 7.20. The molecule has 1 aliphatic rings. The second kappa shape index (κ2) is 11.0. The molecule has 3 aromatic carbocycles. The van der Waals surface area contributed by atoms with Gasteiger partial charge in [-0.2, -0.15) is 5.26 Å². The average Bonchev–Trinajstić information content (AvgIpc) is 2.90. The number of carbonyl (C=O) groups excluding carboxylic acids is 1. The average molecular weight is 437 g/mol. The molecular formula is C30H32N2O. The number of nitrogens with zero attached hydrogens (tertiary/aromatic N) is 2. The van der Waals surface area contributed by atoms with Crippen LogP contribution in [0.15, 0.2) is 91.0 Å². The molecule has 1 saturated heterocycles. The number of hydrogen-bond donors (Lipinski definition) is 0. The van der Waals surface area contributed by atoms with Crippen molar-refractivity contribution in [3.8, 4) is 6.07 Å². The van der Waals surface area contributed by atoms with Gasteiger partial charge in [-0.15, -0.1) is 0 Å². The summed E-state index contributed by atoms with van der Waals surface area (Å²) in [6.45, 7) is 1.64. The molecule has 0 atom stereocenters. The first kappa shape index (κ1) is 22.8. The predicted octanol–water partition coefficient (Wildman–Crippen LogP) is 6.46. The summed E-state index contributed by atoms with van der Waals surface area (Å²) in [5, 5.41) is 9.40. The number of likely N-dealkylation sites (tertiary alicyclic amines) is 1. The van der Waals surface area contributed by atoms with E-state index in [0.717, 1.165) is 25.9 Å². The zero-order chi connectivity index (χ0) is 22.9. The molecule has 0 aliphatic carbocycles. The van der Waals surface area contributed by atoms with Crippen LogP contribution in [0.2, 0.25) is 0 Å². The summed E-state index contributed by atoms with van der Waals surface area (Å²) in [6.07, 6.45) is 4.41. The highest BCUT2D eigenvalue weighted by Crippen LogP contribution is 2.41. The van der Waals surface area contributed by atoms with Crippen LogP contribution in [0.3, 0.4) is 0 Å². The molecule has 3 aromatic rings. The van der Waals surface area contributed by atoms with Crippen LogP contribution in [0.25, 0.3) is 0 Å². The van der Waals surface area contributed by atoms with Crippen LogP contribution in [0.4, 0.5) is 0 Å². The molecular weight excluding hydrogens is 404 g/mol. The van der Waals surface area contributed by atoms with Crippen LogP contribution >= 0.6 is 0 Å². The molecule has 0 saturated carbocycles. The summed E-state index contributed by atoms with van der Waals surface area (Å²) in [6, 6.07) is 33.8. The van der Waals surface area contributed by atoms with E-state index in [1.165, 1.54) is 16.7 Å². The second-order valence-corrected chi connectivity index (χ2v) is 9.04. The van der Waals surface area contributed by atoms with Crippen molar-refractivity contribution in [1.29, 1.82) is 5.26 Å². The second-order valence-electron chi connectivity index (χ2n) is 9.04. The van der Waals surface area contributed by atoms with E-state index < -0.39 is 0 Å². The number of piperidine rings is 1. The molecule has 1 aliphatic heterocycles. The third-order valence-corrected chi connectivity index (χ3v) is 7.20. The maximum Gasteiger partial charge on any atom is 0.222 e. The summed E-state index contributed by atoms with van der Waals surface area (Å²) < 4.78 is 0. The van der Waals surface area contributed by atoms with E-state index in [4.69, 9.17) is 0 Å². The van der Waals surface area contributed by atoms with Crippen LogP contribution in [0, 0.1) is 11.3 Å². The van der Waals surface area contributed by atoms with E-state index in [9.17, 15) is 10.1 Å². The lowest BCUT2D eigenvalue weighted by Gasteiger charge is -2.37. The highest BCUT2D eigenvalue weighted by molar-refractivity contribution is 5.76. The number of carbonyl (C=O) groups is 1. The standard InChI is InChI=1S/C30H32N2O/c31-22-10-20-30(27-13-6-2-7-14-27,28-15-8-3-9-16-28)21-17-29(33)32-23-18-26(19-24-32)25-11-4-1-5-12-25/h1-9,11-16,26H,10,17-21,23-24H2. The summed E-state index contributed by atoms with van der Waals surface area (Å²) in [5.74, 6) is 0.772. The smallest absolute Gasteiger partial charge is 0.222 e. The predicted molar refractivity (Wildman–Crippen MR) is 133 cm³/mol. The van der Waals surface area contributed by atoms with Gasteiger partial charge in [-0.3, -0.25) is 4.79 Å². The Hall–Kier alpha value is -3.38. The van der Waals surface area contributed by atoms with Gasteiger partial charge in [0.15, 0.2) is 0 Å². The minimum atomic E-state index is -0.337. The SMILES string of the molecule is N#CCCC(CCC(=O)N1CCC(c2ccccc2)CC1)(c1ccccc1)c1ccccc1. The van der Waals surface area contributed by atoms with Gasteiger partial charge in [0.2, 0.25) is 5.91 Å². The summed E-state index contributed by atoms with van der Waals surface area (Å²) in [4.78, 5) is 15.3. The van der Waals surface area contributed by atoms with Crippen molar-refractivity contribution in [2.75, 3.05) is 13.1 Å². The molecule has 0 N–H and O–H groups in total. The molecule has 4 rings (SSSR count). The number of rotatable bonds is 8. The minimum absolute atomic E-state index is 0.231. The van der Waals surface area contributed by atoms with Crippen LogP contribution in [0.5, 0.6) is 0 Å². The molecule has 3 nitrogen and oxygen atoms in total. The first-order chi connectivity index (χ1) is 16.2. The van der Waals surface area contributed by atoms with E-state index in [0.29, 0.717) is 31.6 Å². The van der Waals surface area contributed by atoms with Crippen molar-refractivity contribution >= 4 is 5.91 Å². The molecule has 1 fully saturated rings. The molecule has 0 aromatic heterocycles.